The average molecular weight is 283 g/mol. The number of aromatic nitrogens is 1. The maximum Gasteiger partial charge on any atom is 0.344 e. The van der Waals surface area contributed by atoms with Crippen molar-refractivity contribution >= 4 is 28.3 Å². The quantitative estimate of drug-likeness (QED) is 0.831. The molecule has 0 aliphatic heterocycles. The summed E-state index contributed by atoms with van der Waals surface area (Å²) in [4.78, 5) is 11.7. The van der Waals surface area contributed by atoms with Crippen LogP contribution in [0.25, 0.3) is 0 Å². The second-order valence-electron chi connectivity index (χ2n) is 4.97. The van der Waals surface area contributed by atoms with Crippen LogP contribution in [0, 0.1) is 5.92 Å². The summed E-state index contributed by atoms with van der Waals surface area (Å²) in [6, 6.07) is 0.405. The summed E-state index contributed by atoms with van der Waals surface area (Å²) in [6.45, 7) is 2.22. The lowest BCUT2D eigenvalue weighted by molar-refractivity contribution is 0.0603. The van der Waals surface area contributed by atoms with Gasteiger partial charge in [0.15, 0.2) is 5.82 Å². The highest BCUT2D eigenvalue weighted by Crippen LogP contribution is 2.33. The molecule has 1 aliphatic rings. The first-order valence-electron chi connectivity index (χ1n) is 6.77. The van der Waals surface area contributed by atoms with Gasteiger partial charge < -0.3 is 15.8 Å². The Morgan fingerprint density at radius 3 is 2.95 bits per heavy atom. The van der Waals surface area contributed by atoms with Gasteiger partial charge in [-0.1, -0.05) is 26.2 Å². The summed E-state index contributed by atoms with van der Waals surface area (Å²) in [5.74, 6) is 0.489. The van der Waals surface area contributed by atoms with Crippen molar-refractivity contribution in [1.29, 1.82) is 0 Å². The lowest BCUT2D eigenvalue weighted by Gasteiger charge is -2.31. The lowest BCUT2D eigenvalue weighted by atomic mass is 9.83. The molecular formula is C13H21N3O2S. The van der Waals surface area contributed by atoms with Gasteiger partial charge in [-0.25, -0.2) is 4.79 Å². The fourth-order valence-electron chi connectivity index (χ4n) is 2.75. The van der Waals surface area contributed by atoms with Crippen molar-refractivity contribution in [2.75, 3.05) is 18.2 Å². The van der Waals surface area contributed by atoms with Crippen LogP contribution in [0.3, 0.4) is 0 Å². The first kappa shape index (κ1) is 14.1. The highest BCUT2D eigenvalue weighted by Gasteiger charge is 2.27. The van der Waals surface area contributed by atoms with Gasteiger partial charge in [-0.3, -0.25) is 0 Å². The second-order valence-corrected chi connectivity index (χ2v) is 5.74. The zero-order chi connectivity index (χ0) is 13.8. The van der Waals surface area contributed by atoms with Crippen LogP contribution in [-0.2, 0) is 4.74 Å². The lowest BCUT2D eigenvalue weighted by Crippen LogP contribution is -2.32. The molecule has 1 heterocycles. The molecule has 0 radical (unpaired) electrons. The molecule has 0 spiro atoms. The Kier molecular flexibility index (Phi) is 4.63. The van der Waals surface area contributed by atoms with E-state index in [2.05, 4.69) is 16.6 Å². The van der Waals surface area contributed by atoms with Gasteiger partial charge in [0.05, 0.1) is 7.11 Å². The first-order valence-corrected chi connectivity index (χ1v) is 7.54. The number of ether oxygens (including phenoxy) is 1. The van der Waals surface area contributed by atoms with Crippen LogP contribution in [0.15, 0.2) is 0 Å². The molecule has 0 saturated heterocycles. The normalized spacial score (nSPS) is 23.1. The first-order chi connectivity index (χ1) is 9.17. The minimum Gasteiger partial charge on any atom is -0.465 e. The Hall–Kier alpha value is -1.30. The average Bonchev–Trinajstić information content (AvgIpc) is 2.79. The van der Waals surface area contributed by atoms with Gasteiger partial charge in [0.1, 0.15) is 10.6 Å². The van der Waals surface area contributed by atoms with E-state index in [1.807, 2.05) is 0 Å². The third-order valence-corrected chi connectivity index (χ3v) is 4.65. The van der Waals surface area contributed by atoms with E-state index in [9.17, 15) is 4.79 Å². The molecule has 2 unspecified atom stereocenters. The highest BCUT2D eigenvalue weighted by atomic mass is 32.1. The molecule has 3 N–H and O–H groups in total. The van der Waals surface area contributed by atoms with Crippen LogP contribution in [0.2, 0.25) is 0 Å². The van der Waals surface area contributed by atoms with Crippen molar-refractivity contribution in [3.63, 3.8) is 0 Å². The molecule has 19 heavy (non-hydrogen) atoms. The molecule has 5 nitrogen and oxygen atoms in total. The van der Waals surface area contributed by atoms with E-state index >= 15 is 0 Å². The van der Waals surface area contributed by atoms with Crippen LogP contribution in [-0.4, -0.2) is 23.5 Å². The molecular weight excluding hydrogens is 262 g/mol. The van der Waals surface area contributed by atoms with Gasteiger partial charge in [-0.05, 0) is 30.3 Å². The number of anilines is 2. The number of carbonyl (C=O) groups is 1. The van der Waals surface area contributed by atoms with E-state index in [1.165, 1.54) is 37.9 Å². The minimum absolute atomic E-state index is 0.253. The predicted molar refractivity (Wildman–Crippen MR) is 77.5 cm³/mol. The summed E-state index contributed by atoms with van der Waals surface area (Å²) in [5, 5.41) is 4.21. The van der Waals surface area contributed by atoms with Gasteiger partial charge >= 0.3 is 5.97 Å². The van der Waals surface area contributed by atoms with E-state index in [1.54, 1.807) is 0 Å². The van der Waals surface area contributed by atoms with Crippen molar-refractivity contribution in [3.05, 3.63) is 5.56 Å². The third-order valence-electron chi connectivity index (χ3n) is 3.86. The van der Waals surface area contributed by atoms with Crippen molar-refractivity contribution in [1.82, 2.24) is 4.37 Å². The topological polar surface area (TPSA) is 77.2 Å². The molecule has 1 aromatic rings. The molecule has 1 fully saturated rings. The Bertz CT molecular complexity index is 447. The summed E-state index contributed by atoms with van der Waals surface area (Å²) in [7, 11) is 1.36. The standard InChI is InChI=1S/C13H21N3O2S/c1-3-8-6-4-5-7-9(8)15-12-10(13(17)18-2)11(14)16-19-12/h8-9,15H,3-7H2,1-2H3,(H2,14,16). The number of carbonyl (C=O) groups excluding carboxylic acids is 1. The van der Waals surface area contributed by atoms with E-state index in [0.717, 1.165) is 17.8 Å². The van der Waals surface area contributed by atoms with Crippen LogP contribution < -0.4 is 11.1 Å². The van der Waals surface area contributed by atoms with E-state index in [4.69, 9.17) is 10.5 Å². The number of methoxy groups -OCH3 is 1. The zero-order valence-electron chi connectivity index (χ0n) is 11.4. The fourth-order valence-corrected chi connectivity index (χ4v) is 3.52. The zero-order valence-corrected chi connectivity index (χ0v) is 12.3. The monoisotopic (exact) mass is 283 g/mol. The van der Waals surface area contributed by atoms with Crippen molar-refractivity contribution in [2.45, 2.75) is 45.1 Å². The van der Waals surface area contributed by atoms with Gasteiger partial charge in [-0.15, -0.1) is 0 Å². The van der Waals surface area contributed by atoms with Crippen molar-refractivity contribution in [2.24, 2.45) is 5.92 Å². The molecule has 106 valence electrons. The number of nitrogens with two attached hydrogens (primary N) is 1. The van der Waals surface area contributed by atoms with Gasteiger partial charge in [0, 0.05) is 6.04 Å². The maximum atomic E-state index is 11.7. The molecule has 1 aromatic heterocycles. The Morgan fingerprint density at radius 2 is 2.26 bits per heavy atom. The van der Waals surface area contributed by atoms with Crippen LogP contribution in [0.4, 0.5) is 10.8 Å². The van der Waals surface area contributed by atoms with Gasteiger partial charge in [0.25, 0.3) is 0 Å². The Labute approximate surface area is 117 Å². The summed E-state index contributed by atoms with van der Waals surface area (Å²) < 4.78 is 8.82. The summed E-state index contributed by atoms with van der Waals surface area (Å²) >= 11 is 1.24. The van der Waals surface area contributed by atoms with E-state index in [0.29, 0.717) is 17.5 Å². The van der Waals surface area contributed by atoms with Crippen molar-refractivity contribution in [3.8, 4) is 0 Å². The number of nitrogen functional groups attached to an aromatic ring is 1. The second kappa shape index (κ2) is 6.23. The number of rotatable bonds is 4. The van der Waals surface area contributed by atoms with Crippen LogP contribution in [0.1, 0.15) is 49.4 Å². The minimum atomic E-state index is -0.419. The highest BCUT2D eigenvalue weighted by molar-refractivity contribution is 7.11. The SMILES string of the molecule is CCC1CCCCC1Nc1snc(N)c1C(=O)OC. The number of nitrogens with one attached hydrogen (secondary N) is 1. The number of hydrogen-bond acceptors (Lipinski definition) is 6. The molecule has 2 rings (SSSR count). The molecule has 1 aliphatic carbocycles. The van der Waals surface area contributed by atoms with E-state index < -0.39 is 5.97 Å². The Morgan fingerprint density at radius 1 is 1.53 bits per heavy atom. The molecule has 0 aromatic carbocycles. The molecule has 0 bridgehead atoms. The van der Waals surface area contributed by atoms with Crippen LogP contribution >= 0.6 is 11.5 Å². The number of hydrogen-bond donors (Lipinski definition) is 2. The molecule has 1 saturated carbocycles. The smallest absolute Gasteiger partial charge is 0.344 e. The van der Waals surface area contributed by atoms with Crippen molar-refractivity contribution < 1.29 is 9.53 Å². The third kappa shape index (κ3) is 3.00. The van der Waals surface area contributed by atoms with E-state index in [-0.39, 0.29) is 5.82 Å². The largest absolute Gasteiger partial charge is 0.465 e. The predicted octanol–water partition coefficient (Wildman–Crippen LogP) is 2.89. The molecule has 6 heteroatoms. The van der Waals surface area contributed by atoms with Gasteiger partial charge in [-0.2, -0.15) is 4.37 Å². The van der Waals surface area contributed by atoms with Crippen LogP contribution in [0.5, 0.6) is 0 Å². The number of esters is 1. The maximum absolute atomic E-state index is 11.7. The fraction of sp³-hybridized carbons (Fsp3) is 0.692. The summed E-state index contributed by atoms with van der Waals surface area (Å²) in [5.41, 5.74) is 6.13. The summed E-state index contributed by atoms with van der Waals surface area (Å²) in [6.07, 6.45) is 6.06. The molecule has 0 amide bonds. The number of nitrogens with zero attached hydrogens (tertiary/aromatic N) is 1. The molecule has 2 atom stereocenters. The Balaban J connectivity index is 2.16. The van der Waals surface area contributed by atoms with Gasteiger partial charge in [0.2, 0.25) is 0 Å².